The maximum Gasteiger partial charge on any atom is 0.283 e. The number of nitrogens with zero attached hydrogens (tertiary/aromatic N) is 2. The van der Waals surface area contributed by atoms with Gasteiger partial charge in [0.05, 0.1) is 12.8 Å². The highest BCUT2D eigenvalue weighted by molar-refractivity contribution is 5.91. The average molecular weight is 238 g/mol. The van der Waals surface area contributed by atoms with Crippen molar-refractivity contribution in [1.29, 1.82) is 0 Å². The number of carbonyl (C=O) groups excluding carboxylic acids is 1. The molecule has 1 aromatic rings. The minimum absolute atomic E-state index is 0.271. The van der Waals surface area contributed by atoms with E-state index in [2.05, 4.69) is 9.88 Å². The lowest BCUT2D eigenvalue weighted by Crippen LogP contribution is -2.30. The van der Waals surface area contributed by atoms with E-state index in [-0.39, 0.29) is 5.69 Å². The van der Waals surface area contributed by atoms with Gasteiger partial charge in [0.2, 0.25) is 0 Å². The molecule has 1 heterocycles. The maximum absolute atomic E-state index is 11.1. The van der Waals surface area contributed by atoms with Gasteiger partial charge in [-0.05, 0) is 32.6 Å². The zero-order valence-corrected chi connectivity index (χ0v) is 10.1. The van der Waals surface area contributed by atoms with E-state index in [9.17, 15) is 4.79 Å². The lowest BCUT2D eigenvalue weighted by Gasteiger charge is -2.10. The number of hydrogen-bond donors (Lipinski definition) is 2. The lowest BCUT2D eigenvalue weighted by molar-refractivity contribution is 0.0948. The van der Waals surface area contributed by atoms with Crippen LogP contribution in [0.3, 0.4) is 0 Å². The molecule has 6 heteroatoms. The maximum atomic E-state index is 11.1. The lowest BCUT2D eigenvalue weighted by atomic mass is 10.3. The van der Waals surface area contributed by atoms with Gasteiger partial charge >= 0.3 is 0 Å². The van der Waals surface area contributed by atoms with Crippen molar-refractivity contribution in [2.75, 3.05) is 27.2 Å². The summed E-state index contributed by atoms with van der Waals surface area (Å²) in [6, 6.07) is 3.27. The van der Waals surface area contributed by atoms with Crippen molar-refractivity contribution in [3.63, 3.8) is 0 Å². The fraction of sp³-hybridized carbons (Fsp3) is 0.455. The molecule has 0 aliphatic rings. The molecule has 6 nitrogen and oxygen atoms in total. The molecule has 3 N–H and O–H groups in total. The van der Waals surface area contributed by atoms with E-state index in [1.54, 1.807) is 12.1 Å². The minimum atomic E-state index is -0.413. The van der Waals surface area contributed by atoms with Crippen molar-refractivity contribution in [2.45, 2.75) is 6.42 Å². The summed E-state index contributed by atoms with van der Waals surface area (Å²) in [5.74, 6) is 5.23. The molecule has 17 heavy (non-hydrogen) atoms. The first kappa shape index (κ1) is 13.4. The molecule has 0 saturated heterocycles. The predicted molar refractivity (Wildman–Crippen MR) is 64.6 cm³/mol. The van der Waals surface area contributed by atoms with Crippen molar-refractivity contribution in [3.8, 4) is 5.75 Å². The molecular formula is C11H18N4O2. The van der Waals surface area contributed by atoms with Gasteiger partial charge in [-0.25, -0.2) is 10.8 Å². The Bertz CT molecular complexity index is 351. The quantitative estimate of drug-likeness (QED) is 0.316. The van der Waals surface area contributed by atoms with Crippen molar-refractivity contribution in [2.24, 2.45) is 5.84 Å². The number of amides is 1. The molecule has 0 atom stereocenters. The van der Waals surface area contributed by atoms with Gasteiger partial charge in [0, 0.05) is 6.54 Å². The summed E-state index contributed by atoms with van der Waals surface area (Å²) in [5, 5.41) is 0. The predicted octanol–water partition coefficient (Wildman–Crippen LogP) is 0.0156. The van der Waals surface area contributed by atoms with Crippen LogP contribution in [0.1, 0.15) is 16.9 Å². The van der Waals surface area contributed by atoms with Crippen LogP contribution in [0.25, 0.3) is 0 Å². The van der Waals surface area contributed by atoms with Crippen LogP contribution in [-0.4, -0.2) is 43.0 Å². The Kier molecular flexibility index (Phi) is 5.38. The molecule has 1 aromatic heterocycles. The number of nitrogens with one attached hydrogen (secondary N) is 1. The van der Waals surface area contributed by atoms with Crippen LogP contribution in [0.4, 0.5) is 0 Å². The first-order valence-corrected chi connectivity index (χ1v) is 5.38. The zero-order chi connectivity index (χ0) is 12.7. The third-order valence-electron chi connectivity index (χ3n) is 2.12. The van der Waals surface area contributed by atoms with Gasteiger partial charge in [-0.3, -0.25) is 10.2 Å². The number of nitrogen functional groups attached to an aromatic ring is 1. The van der Waals surface area contributed by atoms with Crippen molar-refractivity contribution in [1.82, 2.24) is 15.3 Å². The third kappa shape index (κ3) is 4.80. The second kappa shape index (κ2) is 6.82. The standard InChI is InChI=1S/C11H18N4O2/c1-15(2)6-3-7-17-9-4-5-10(13-8-9)11(16)14-12/h4-5,8H,3,6-7,12H2,1-2H3,(H,14,16). The van der Waals surface area contributed by atoms with E-state index in [1.807, 2.05) is 19.5 Å². The fourth-order valence-corrected chi connectivity index (χ4v) is 1.24. The number of nitrogens with two attached hydrogens (primary N) is 1. The second-order valence-electron chi connectivity index (χ2n) is 3.86. The van der Waals surface area contributed by atoms with Crippen molar-refractivity contribution in [3.05, 3.63) is 24.0 Å². The number of hydrazine groups is 1. The second-order valence-corrected chi connectivity index (χ2v) is 3.86. The van der Waals surface area contributed by atoms with E-state index in [0.29, 0.717) is 12.4 Å². The molecule has 0 unspecified atom stereocenters. The molecule has 0 bridgehead atoms. The van der Waals surface area contributed by atoms with Gasteiger partial charge in [-0.15, -0.1) is 0 Å². The molecule has 0 fully saturated rings. The first-order chi connectivity index (χ1) is 8.13. The number of hydrogen-bond acceptors (Lipinski definition) is 5. The van der Waals surface area contributed by atoms with Crippen LogP contribution in [0.5, 0.6) is 5.75 Å². The molecule has 0 aliphatic carbocycles. The largest absolute Gasteiger partial charge is 0.492 e. The number of ether oxygens (including phenoxy) is 1. The van der Waals surface area contributed by atoms with E-state index in [0.717, 1.165) is 13.0 Å². The van der Waals surface area contributed by atoms with Crippen molar-refractivity contribution < 1.29 is 9.53 Å². The smallest absolute Gasteiger partial charge is 0.283 e. The number of aromatic nitrogens is 1. The summed E-state index contributed by atoms with van der Waals surface area (Å²) >= 11 is 0. The fourth-order valence-electron chi connectivity index (χ4n) is 1.24. The van der Waals surface area contributed by atoms with Crippen LogP contribution < -0.4 is 16.0 Å². The van der Waals surface area contributed by atoms with E-state index in [1.165, 1.54) is 6.20 Å². The normalized spacial score (nSPS) is 10.4. The van der Waals surface area contributed by atoms with E-state index >= 15 is 0 Å². The van der Waals surface area contributed by atoms with Crippen LogP contribution in [0, 0.1) is 0 Å². The summed E-state index contributed by atoms with van der Waals surface area (Å²) in [5.41, 5.74) is 2.29. The molecule has 1 rings (SSSR count). The first-order valence-electron chi connectivity index (χ1n) is 5.38. The van der Waals surface area contributed by atoms with Gasteiger partial charge in [0.15, 0.2) is 0 Å². The van der Waals surface area contributed by atoms with Crippen molar-refractivity contribution >= 4 is 5.91 Å². The number of rotatable bonds is 6. The highest BCUT2D eigenvalue weighted by atomic mass is 16.5. The molecule has 0 saturated carbocycles. The molecule has 0 radical (unpaired) electrons. The Balaban J connectivity index is 2.38. The Hall–Kier alpha value is -1.66. The highest BCUT2D eigenvalue weighted by Gasteiger charge is 2.04. The summed E-state index contributed by atoms with van der Waals surface area (Å²) in [6.07, 6.45) is 2.46. The average Bonchev–Trinajstić information content (AvgIpc) is 2.34. The zero-order valence-electron chi connectivity index (χ0n) is 10.1. The van der Waals surface area contributed by atoms with Crippen LogP contribution in [0.15, 0.2) is 18.3 Å². The van der Waals surface area contributed by atoms with Crippen LogP contribution >= 0.6 is 0 Å². The van der Waals surface area contributed by atoms with Gasteiger partial charge in [0.25, 0.3) is 5.91 Å². The third-order valence-corrected chi connectivity index (χ3v) is 2.12. The Morgan fingerprint density at radius 3 is 2.82 bits per heavy atom. The number of pyridine rings is 1. The topological polar surface area (TPSA) is 80.5 Å². The molecule has 0 aliphatic heterocycles. The molecule has 94 valence electrons. The Morgan fingerprint density at radius 2 is 2.29 bits per heavy atom. The summed E-state index contributed by atoms with van der Waals surface area (Å²) in [4.78, 5) is 17.1. The number of carbonyl (C=O) groups is 1. The van der Waals surface area contributed by atoms with E-state index in [4.69, 9.17) is 10.6 Å². The molecule has 1 amide bonds. The summed E-state index contributed by atoms with van der Waals surface area (Å²) in [7, 11) is 4.03. The van der Waals surface area contributed by atoms with Crippen LogP contribution in [-0.2, 0) is 0 Å². The van der Waals surface area contributed by atoms with E-state index < -0.39 is 5.91 Å². The molecule has 0 aromatic carbocycles. The van der Waals surface area contributed by atoms with Gasteiger partial charge in [-0.1, -0.05) is 0 Å². The van der Waals surface area contributed by atoms with Crippen LogP contribution in [0.2, 0.25) is 0 Å². The summed E-state index contributed by atoms with van der Waals surface area (Å²) in [6.45, 7) is 1.60. The molecular weight excluding hydrogens is 220 g/mol. The van der Waals surface area contributed by atoms with Gasteiger partial charge in [0.1, 0.15) is 11.4 Å². The Labute approximate surface area is 101 Å². The minimum Gasteiger partial charge on any atom is -0.492 e. The van der Waals surface area contributed by atoms with Gasteiger partial charge in [-0.2, -0.15) is 0 Å². The Morgan fingerprint density at radius 1 is 1.53 bits per heavy atom. The SMILES string of the molecule is CN(C)CCCOc1ccc(C(=O)NN)nc1. The monoisotopic (exact) mass is 238 g/mol. The summed E-state index contributed by atoms with van der Waals surface area (Å²) < 4.78 is 5.47. The van der Waals surface area contributed by atoms with Gasteiger partial charge < -0.3 is 9.64 Å². The highest BCUT2D eigenvalue weighted by Crippen LogP contribution is 2.09. The molecule has 0 spiro atoms.